The minimum absolute atomic E-state index is 0.0330. The number of hydrogen-bond acceptors (Lipinski definition) is 6. The van der Waals surface area contributed by atoms with E-state index < -0.39 is 17.9 Å². The van der Waals surface area contributed by atoms with Gasteiger partial charge in [0.25, 0.3) is 0 Å². The topological polar surface area (TPSA) is 96.9 Å². The zero-order valence-electron chi connectivity index (χ0n) is 12.9. The van der Waals surface area contributed by atoms with Crippen LogP contribution in [0.3, 0.4) is 0 Å². The SMILES string of the molecule is Cc1ccsc1C(O)CNC(=O)C(=O)Nc1ccc2c(c1)OCO2. The van der Waals surface area contributed by atoms with Crippen molar-refractivity contribution < 1.29 is 24.2 Å². The van der Waals surface area contributed by atoms with Crippen molar-refractivity contribution in [2.45, 2.75) is 13.0 Å². The van der Waals surface area contributed by atoms with E-state index in [2.05, 4.69) is 10.6 Å². The van der Waals surface area contributed by atoms with Gasteiger partial charge in [-0.05, 0) is 36.1 Å². The lowest BCUT2D eigenvalue weighted by Gasteiger charge is -2.11. The maximum atomic E-state index is 11.9. The molecule has 1 unspecified atom stereocenters. The molecule has 8 heteroatoms. The molecule has 1 aromatic heterocycles. The summed E-state index contributed by atoms with van der Waals surface area (Å²) in [5.74, 6) is -0.534. The monoisotopic (exact) mass is 348 g/mol. The molecule has 2 amide bonds. The van der Waals surface area contributed by atoms with Crippen LogP contribution >= 0.6 is 11.3 Å². The van der Waals surface area contributed by atoms with Gasteiger partial charge in [-0.15, -0.1) is 11.3 Å². The van der Waals surface area contributed by atoms with Crippen LogP contribution in [0.2, 0.25) is 0 Å². The molecule has 126 valence electrons. The Balaban J connectivity index is 1.53. The molecule has 0 spiro atoms. The molecule has 24 heavy (non-hydrogen) atoms. The molecule has 0 saturated carbocycles. The van der Waals surface area contributed by atoms with Crippen LogP contribution in [0.4, 0.5) is 5.69 Å². The van der Waals surface area contributed by atoms with Gasteiger partial charge in [0.05, 0.1) is 0 Å². The number of aryl methyl sites for hydroxylation is 1. The van der Waals surface area contributed by atoms with Crippen LogP contribution in [0.1, 0.15) is 16.5 Å². The smallest absolute Gasteiger partial charge is 0.313 e. The van der Waals surface area contributed by atoms with Gasteiger partial charge in [0.1, 0.15) is 6.10 Å². The zero-order chi connectivity index (χ0) is 17.1. The molecule has 3 N–H and O–H groups in total. The fourth-order valence-corrected chi connectivity index (χ4v) is 3.16. The Labute approximate surface area is 142 Å². The Morgan fingerprint density at radius 2 is 2.04 bits per heavy atom. The van der Waals surface area contributed by atoms with Gasteiger partial charge in [-0.1, -0.05) is 0 Å². The molecule has 1 aliphatic heterocycles. The first-order chi connectivity index (χ1) is 11.5. The van der Waals surface area contributed by atoms with Gasteiger partial charge in [-0.25, -0.2) is 0 Å². The highest BCUT2D eigenvalue weighted by molar-refractivity contribution is 7.10. The van der Waals surface area contributed by atoms with Gasteiger partial charge in [0.15, 0.2) is 11.5 Å². The highest BCUT2D eigenvalue weighted by Crippen LogP contribution is 2.34. The van der Waals surface area contributed by atoms with Gasteiger partial charge < -0.3 is 25.2 Å². The Bertz CT molecular complexity index is 774. The van der Waals surface area contributed by atoms with Crippen molar-refractivity contribution in [2.24, 2.45) is 0 Å². The molecule has 1 aliphatic rings. The molecule has 2 heterocycles. The number of thiophene rings is 1. The van der Waals surface area contributed by atoms with Gasteiger partial charge in [0.2, 0.25) is 6.79 Å². The number of carbonyl (C=O) groups excluding carboxylic acids is 2. The molecule has 0 radical (unpaired) electrons. The Morgan fingerprint density at radius 1 is 1.25 bits per heavy atom. The standard InChI is InChI=1S/C16H16N2O5S/c1-9-4-5-24-14(9)11(19)7-17-15(20)16(21)18-10-2-3-12-13(6-10)23-8-22-12/h2-6,11,19H,7-8H2,1H3,(H,17,20)(H,18,21). The van der Waals surface area contributed by atoms with Crippen LogP contribution in [0.15, 0.2) is 29.6 Å². The molecule has 7 nitrogen and oxygen atoms in total. The van der Waals surface area contributed by atoms with Gasteiger partial charge in [-0.2, -0.15) is 0 Å². The number of anilines is 1. The first-order valence-corrected chi connectivity index (χ1v) is 8.13. The summed E-state index contributed by atoms with van der Waals surface area (Å²) in [6.07, 6.45) is -0.840. The van der Waals surface area contributed by atoms with E-state index in [4.69, 9.17) is 9.47 Å². The lowest BCUT2D eigenvalue weighted by Crippen LogP contribution is -2.37. The lowest BCUT2D eigenvalue weighted by molar-refractivity contribution is -0.136. The average Bonchev–Trinajstić information content (AvgIpc) is 3.20. The van der Waals surface area contributed by atoms with Crippen LogP contribution in [0.5, 0.6) is 11.5 Å². The number of nitrogens with one attached hydrogen (secondary N) is 2. The van der Waals surface area contributed by atoms with Crippen molar-refractivity contribution in [1.29, 1.82) is 0 Å². The summed E-state index contributed by atoms with van der Waals surface area (Å²) in [4.78, 5) is 24.5. The number of amides is 2. The predicted octanol–water partition coefficient (Wildman–Crippen LogP) is 1.57. The van der Waals surface area contributed by atoms with E-state index in [1.54, 1.807) is 18.2 Å². The molecule has 0 aliphatic carbocycles. The first kappa shape index (κ1) is 16.3. The number of rotatable bonds is 4. The fraction of sp³-hybridized carbons (Fsp3) is 0.250. The van der Waals surface area contributed by atoms with Crippen LogP contribution in [-0.2, 0) is 9.59 Å². The van der Waals surface area contributed by atoms with Crippen molar-refractivity contribution in [2.75, 3.05) is 18.7 Å². The molecule has 1 aromatic carbocycles. The Kier molecular flexibility index (Phi) is 4.68. The number of ether oxygens (including phenoxy) is 2. The molecule has 0 bridgehead atoms. The third-order valence-electron chi connectivity index (χ3n) is 3.50. The van der Waals surface area contributed by atoms with E-state index in [0.29, 0.717) is 17.2 Å². The summed E-state index contributed by atoms with van der Waals surface area (Å²) in [5.41, 5.74) is 1.38. The van der Waals surface area contributed by atoms with Crippen molar-refractivity contribution in [3.63, 3.8) is 0 Å². The van der Waals surface area contributed by atoms with Crippen molar-refractivity contribution in [3.05, 3.63) is 40.1 Å². The second-order valence-electron chi connectivity index (χ2n) is 5.22. The fourth-order valence-electron chi connectivity index (χ4n) is 2.25. The maximum absolute atomic E-state index is 11.9. The Morgan fingerprint density at radius 3 is 2.79 bits per heavy atom. The largest absolute Gasteiger partial charge is 0.454 e. The minimum atomic E-state index is -0.840. The van der Waals surface area contributed by atoms with E-state index in [1.165, 1.54) is 11.3 Å². The predicted molar refractivity (Wildman–Crippen MR) is 88.2 cm³/mol. The Hall–Kier alpha value is -2.58. The van der Waals surface area contributed by atoms with Gasteiger partial charge in [0, 0.05) is 23.2 Å². The summed E-state index contributed by atoms with van der Waals surface area (Å²) in [6, 6.07) is 6.73. The third-order valence-corrected chi connectivity index (χ3v) is 4.62. The highest BCUT2D eigenvalue weighted by Gasteiger charge is 2.19. The molecule has 2 aromatic rings. The molecule has 0 fully saturated rings. The second kappa shape index (κ2) is 6.90. The van der Waals surface area contributed by atoms with Crippen molar-refractivity contribution in [3.8, 4) is 11.5 Å². The van der Waals surface area contributed by atoms with E-state index in [1.807, 2.05) is 18.4 Å². The lowest BCUT2D eigenvalue weighted by atomic mass is 10.2. The maximum Gasteiger partial charge on any atom is 0.313 e. The summed E-state index contributed by atoms with van der Waals surface area (Å²) in [7, 11) is 0. The van der Waals surface area contributed by atoms with Crippen LogP contribution < -0.4 is 20.1 Å². The van der Waals surface area contributed by atoms with Crippen molar-refractivity contribution in [1.82, 2.24) is 5.32 Å². The molecular weight excluding hydrogens is 332 g/mol. The number of hydrogen-bond donors (Lipinski definition) is 3. The summed E-state index contributed by atoms with van der Waals surface area (Å²) in [5, 5.41) is 16.8. The van der Waals surface area contributed by atoms with Crippen LogP contribution in [-0.4, -0.2) is 30.3 Å². The molecule has 3 rings (SSSR count). The number of benzene rings is 1. The summed E-state index contributed by atoms with van der Waals surface area (Å²) >= 11 is 1.40. The summed E-state index contributed by atoms with van der Waals surface area (Å²) in [6.45, 7) is 1.98. The van der Waals surface area contributed by atoms with Crippen LogP contribution in [0.25, 0.3) is 0 Å². The van der Waals surface area contributed by atoms with E-state index >= 15 is 0 Å². The third kappa shape index (κ3) is 3.50. The molecule has 1 atom stereocenters. The average molecular weight is 348 g/mol. The van der Waals surface area contributed by atoms with Gasteiger partial charge >= 0.3 is 11.8 Å². The number of aliphatic hydroxyl groups is 1. The summed E-state index contributed by atoms with van der Waals surface area (Å²) < 4.78 is 10.4. The number of aliphatic hydroxyl groups excluding tert-OH is 1. The van der Waals surface area contributed by atoms with E-state index in [9.17, 15) is 14.7 Å². The van der Waals surface area contributed by atoms with E-state index in [0.717, 1.165) is 10.4 Å². The van der Waals surface area contributed by atoms with E-state index in [-0.39, 0.29) is 13.3 Å². The quantitative estimate of drug-likeness (QED) is 0.729. The minimum Gasteiger partial charge on any atom is -0.454 e. The van der Waals surface area contributed by atoms with Crippen LogP contribution in [0, 0.1) is 6.92 Å². The molecule has 0 saturated heterocycles. The zero-order valence-corrected chi connectivity index (χ0v) is 13.7. The second-order valence-corrected chi connectivity index (χ2v) is 6.16. The number of fused-ring (bicyclic) bond motifs is 1. The van der Waals surface area contributed by atoms with Gasteiger partial charge in [-0.3, -0.25) is 9.59 Å². The normalized spacial score (nSPS) is 13.4. The molecular formula is C16H16N2O5S. The highest BCUT2D eigenvalue weighted by atomic mass is 32.1. The first-order valence-electron chi connectivity index (χ1n) is 7.25. The van der Waals surface area contributed by atoms with Crippen molar-refractivity contribution >= 4 is 28.8 Å². The number of carbonyl (C=O) groups is 2.